The molecule has 0 aromatic heterocycles. The molecule has 0 saturated carbocycles. The molecule has 0 amide bonds. The first-order valence-electron chi connectivity index (χ1n) is 5.29. The Kier molecular flexibility index (Phi) is 4.25. The lowest BCUT2D eigenvalue weighted by Crippen LogP contribution is -1.95. The SMILES string of the molecule is COc1ccc(OCc2cccc(I)c2)cc1. The fourth-order valence-electron chi connectivity index (χ4n) is 1.47. The average Bonchev–Trinajstić information content (AvgIpc) is 2.37. The molecule has 0 atom stereocenters. The minimum atomic E-state index is 0.586. The van der Waals surface area contributed by atoms with Gasteiger partial charge < -0.3 is 9.47 Å². The topological polar surface area (TPSA) is 18.5 Å². The number of hydrogen-bond donors (Lipinski definition) is 0. The van der Waals surface area contributed by atoms with Crippen molar-refractivity contribution in [2.45, 2.75) is 6.61 Å². The predicted octanol–water partition coefficient (Wildman–Crippen LogP) is 3.88. The Morgan fingerprint density at radius 1 is 1.00 bits per heavy atom. The monoisotopic (exact) mass is 340 g/mol. The van der Waals surface area contributed by atoms with Crippen LogP contribution in [0.5, 0.6) is 11.5 Å². The molecule has 0 radical (unpaired) electrons. The normalized spacial score (nSPS) is 10.0. The van der Waals surface area contributed by atoms with Crippen molar-refractivity contribution in [1.82, 2.24) is 0 Å². The number of rotatable bonds is 4. The Bertz CT molecular complexity index is 480. The molecule has 3 heteroatoms. The molecule has 0 fully saturated rings. The first kappa shape index (κ1) is 12.2. The second-order valence-corrected chi connectivity index (χ2v) is 4.84. The molecular formula is C14H13IO2. The molecule has 88 valence electrons. The lowest BCUT2D eigenvalue weighted by Gasteiger charge is -2.07. The van der Waals surface area contributed by atoms with Crippen LogP contribution in [-0.4, -0.2) is 7.11 Å². The van der Waals surface area contributed by atoms with Gasteiger partial charge >= 0.3 is 0 Å². The Balaban J connectivity index is 1.97. The minimum Gasteiger partial charge on any atom is -0.497 e. The molecule has 0 bridgehead atoms. The van der Waals surface area contributed by atoms with E-state index in [2.05, 4.69) is 40.8 Å². The van der Waals surface area contributed by atoms with Crippen LogP contribution in [0.15, 0.2) is 48.5 Å². The summed E-state index contributed by atoms with van der Waals surface area (Å²) >= 11 is 2.30. The summed E-state index contributed by atoms with van der Waals surface area (Å²) < 4.78 is 12.0. The minimum absolute atomic E-state index is 0.586. The van der Waals surface area contributed by atoms with Crippen LogP contribution in [0.1, 0.15) is 5.56 Å². The molecule has 17 heavy (non-hydrogen) atoms. The molecule has 0 aliphatic rings. The van der Waals surface area contributed by atoms with Crippen LogP contribution in [0.4, 0.5) is 0 Å². The smallest absolute Gasteiger partial charge is 0.120 e. The van der Waals surface area contributed by atoms with E-state index in [1.165, 1.54) is 9.13 Å². The van der Waals surface area contributed by atoms with E-state index in [9.17, 15) is 0 Å². The average molecular weight is 340 g/mol. The molecule has 2 aromatic rings. The Morgan fingerprint density at radius 2 is 1.71 bits per heavy atom. The second kappa shape index (κ2) is 5.91. The van der Waals surface area contributed by atoms with Crippen molar-refractivity contribution in [1.29, 1.82) is 0 Å². The first-order valence-corrected chi connectivity index (χ1v) is 6.37. The number of methoxy groups -OCH3 is 1. The quantitative estimate of drug-likeness (QED) is 0.787. The summed E-state index contributed by atoms with van der Waals surface area (Å²) in [5, 5.41) is 0. The van der Waals surface area contributed by atoms with Crippen LogP contribution in [-0.2, 0) is 6.61 Å². The molecule has 2 nitrogen and oxygen atoms in total. The first-order chi connectivity index (χ1) is 8.28. The van der Waals surface area contributed by atoms with Crippen molar-refractivity contribution in [2.75, 3.05) is 7.11 Å². The van der Waals surface area contributed by atoms with Gasteiger partial charge in [0.1, 0.15) is 18.1 Å². The number of ether oxygens (including phenoxy) is 2. The lowest BCUT2D eigenvalue weighted by molar-refractivity contribution is 0.305. The molecule has 0 unspecified atom stereocenters. The zero-order valence-corrected chi connectivity index (χ0v) is 11.7. The van der Waals surface area contributed by atoms with Gasteiger partial charge in [-0.3, -0.25) is 0 Å². The predicted molar refractivity (Wildman–Crippen MR) is 76.5 cm³/mol. The van der Waals surface area contributed by atoms with Gasteiger partial charge in [0.15, 0.2) is 0 Å². The van der Waals surface area contributed by atoms with Gasteiger partial charge in [-0.2, -0.15) is 0 Å². The van der Waals surface area contributed by atoms with Gasteiger partial charge in [0.25, 0.3) is 0 Å². The van der Waals surface area contributed by atoms with Crippen LogP contribution in [0.2, 0.25) is 0 Å². The lowest BCUT2D eigenvalue weighted by atomic mass is 10.2. The summed E-state index contributed by atoms with van der Waals surface area (Å²) in [7, 11) is 1.65. The summed E-state index contributed by atoms with van der Waals surface area (Å²) in [5.74, 6) is 1.69. The van der Waals surface area contributed by atoms with Crippen molar-refractivity contribution >= 4 is 22.6 Å². The van der Waals surface area contributed by atoms with Crippen molar-refractivity contribution in [3.63, 3.8) is 0 Å². The van der Waals surface area contributed by atoms with Crippen molar-refractivity contribution in [2.24, 2.45) is 0 Å². The van der Waals surface area contributed by atoms with Crippen LogP contribution >= 0.6 is 22.6 Å². The van der Waals surface area contributed by atoms with Crippen molar-refractivity contribution in [3.8, 4) is 11.5 Å². The van der Waals surface area contributed by atoms with E-state index >= 15 is 0 Å². The van der Waals surface area contributed by atoms with Crippen LogP contribution in [0.3, 0.4) is 0 Å². The van der Waals surface area contributed by atoms with E-state index in [0.717, 1.165) is 11.5 Å². The highest BCUT2D eigenvalue weighted by molar-refractivity contribution is 14.1. The molecule has 0 N–H and O–H groups in total. The maximum absolute atomic E-state index is 5.69. The Labute approximate surface area is 115 Å². The van der Waals surface area contributed by atoms with Gasteiger partial charge in [-0.1, -0.05) is 12.1 Å². The van der Waals surface area contributed by atoms with Gasteiger partial charge in [-0.25, -0.2) is 0 Å². The van der Waals surface area contributed by atoms with Gasteiger partial charge in [0, 0.05) is 3.57 Å². The van der Waals surface area contributed by atoms with Crippen LogP contribution < -0.4 is 9.47 Å². The van der Waals surface area contributed by atoms with E-state index in [1.807, 2.05) is 30.3 Å². The molecule has 0 heterocycles. The summed E-state index contributed by atoms with van der Waals surface area (Å²) in [6.45, 7) is 0.586. The number of halogens is 1. The Morgan fingerprint density at radius 3 is 2.35 bits per heavy atom. The fourth-order valence-corrected chi connectivity index (χ4v) is 2.07. The van der Waals surface area contributed by atoms with Gasteiger partial charge in [0.05, 0.1) is 7.11 Å². The van der Waals surface area contributed by atoms with Gasteiger partial charge in [0.2, 0.25) is 0 Å². The van der Waals surface area contributed by atoms with E-state index in [4.69, 9.17) is 9.47 Å². The zero-order chi connectivity index (χ0) is 12.1. The molecule has 0 saturated heterocycles. The van der Waals surface area contributed by atoms with Gasteiger partial charge in [-0.05, 0) is 64.6 Å². The van der Waals surface area contributed by atoms with E-state index in [1.54, 1.807) is 7.11 Å². The zero-order valence-electron chi connectivity index (χ0n) is 9.52. The van der Waals surface area contributed by atoms with E-state index in [-0.39, 0.29) is 0 Å². The maximum atomic E-state index is 5.69. The van der Waals surface area contributed by atoms with Crippen LogP contribution in [0.25, 0.3) is 0 Å². The molecule has 0 aliphatic carbocycles. The molecule has 0 spiro atoms. The van der Waals surface area contributed by atoms with Gasteiger partial charge in [-0.15, -0.1) is 0 Å². The van der Waals surface area contributed by atoms with Crippen molar-refractivity contribution in [3.05, 3.63) is 57.7 Å². The standard InChI is InChI=1S/C14H13IO2/c1-16-13-5-7-14(8-6-13)17-10-11-3-2-4-12(15)9-11/h2-9H,10H2,1H3. The third-order valence-corrected chi connectivity index (χ3v) is 3.02. The van der Waals surface area contributed by atoms with Crippen LogP contribution in [0, 0.1) is 3.57 Å². The second-order valence-electron chi connectivity index (χ2n) is 3.59. The Hall–Kier alpha value is -1.23. The summed E-state index contributed by atoms with van der Waals surface area (Å²) in [5.41, 5.74) is 1.17. The molecule has 0 aliphatic heterocycles. The largest absolute Gasteiger partial charge is 0.497 e. The third kappa shape index (κ3) is 3.63. The fraction of sp³-hybridized carbons (Fsp3) is 0.143. The maximum Gasteiger partial charge on any atom is 0.120 e. The summed E-state index contributed by atoms with van der Waals surface area (Å²) in [6.07, 6.45) is 0. The molecule has 2 rings (SSSR count). The molecule has 2 aromatic carbocycles. The molecular weight excluding hydrogens is 327 g/mol. The summed E-state index contributed by atoms with van der Waals surface area (Å²) in [6, 6.07) is 15.9. The highest BCUT2D eigenvalue weighted by atomic mass is 127. The number of hydrogen-bond acceptors (Lipinski definition) is 2. The highest BCUT2D eigenvalue weighted by Gasteiger charge is 1.97. The summed E-state index contributed by atoms with van der Waals surface area (Å²) in [4.78, 5) is 0. The van der Waals surface area contributed by atoms with E-state index in [0.29, 0.717) is 6.61 Å². The van der Waals surface area contributed by atoms with E-state index < -0.39 is 0 Å². The number of benzene rings is 2. The van der Waals surface area contributed by atoms with Crippen molar-refractivity contribution < 1.29 is 9.47 Å². The highest BCUT2D eigenvalue weighted by Crippen LogP contribution is 2.18. The third-order valence-electron chi connectivity index (χ3n) is 2.35.